The highest BCUT2D eigenvalue weighted by Crippen LogP contribution is 2.41. The van der Waals surface area contributed by atoms with E-state index in [1.54, 1.807) is 12.1 Å². The minimum absolute atomic E-state index is 0.0341. The van der Waals surface area contributed by atoms with Gasteiger partial charge in [-0.25, -0.2) is 0 Å². The standard InChI is InChI=1S/C28H26N4O3S/c1-16-10-12-21(14-17(16)2)32-18(3)24(27-30-26(31-35-27)19-8-6-5-7-9-19)25(29-28(32)36)20-11-13-23(34-4)22(33)15-20/h5-15,25,33H,1-4H3,(H,29,36). The third-order valence-electron chi connectivity index (χ3n) is 6.46. The van der Waals surface area contributed by atoms with E-state index in [2.05, 4.69) is 36.5 Å². The zero-order chi connectivity index (χ0) is 25.4. The highest BCUT2D eigenvalue weighted by molar-refractivity contribution is 7.80. The number of hydrogen-bond acceptors (Lipinski definition) is 6. The predicted octanol–water partition coefficient (Wildman–Crippen LogP) is 5.93. The fourth-order valence-corrected chi connectivity index (χ4v) is 4.73. The molecular weight excluding hydrogens is 472 g/mol. The molecule has 0 aliphatic carbocycles. The van der Waals surface area contributed by atoms with Crippen molar-refractivity contribution in [2.75, 3.05) is 12.0 Å². The molecule has 1 atom stereocenters. The number of aromatic nitrogens is 2. The Morgan fingerprint density at radius 3 is 2.47 bits per heavy atom. The van der Waals surface area contributed by atoms with E-state index in [1.807, 2.05) is 54.3 Å². The van der Waals surface area contributed by atoms with Crippen molar-refractivity contribution in [3.63, 3.8) is 0 Å². The maximum atomic E-state index is 10.5. The molecule has 7 nitrogen and oxygen atoms in total. The number of anilines is 1. The van der Waals surface area contributed by atoms with Crippen molar-refractivity contribution >= 4 is 28.6 Å². The number of nitrogens with one attached hydrogen (secondary N) is 1. The molecule has 0 saturated carbocycles. The molecule has 4 aromatic rings. The van der Waals surface area contributed by atoms with E-state index in [0.717, 1.165) is 33.6 Å². The van der Waals surface area contributed by atoms with Crippen molar-refractivity contribution in [1.29, 1.82) is 0 Å². The molecule has 1 unspecified atom stereocenters. The van der Waals surface area contributed by atoms with Crippen LogP contribution in [0.15, 0.2) is 77.0 Å². The van der Waals surface area contributed by atoms with Crippen LogP contribution in [-0.4, -0.2) is 27.5 Å². The predicted molar refractivity (Wildman–Crippen MR) is 144 cm³/mol. The number of allylic oxidation sites excluding steroid dienone is 1. The van der Waals surface area contributed by atoms with Crippen molar-refractivity contribution in [2.45, 2.75) is 26.8 Å². The molecule has 0 radical (unpaired) electrons. The number of nitrogens with zero attached hydrogens (tertiary/aromatic N) is 3. The van der Waals surface area contributed by atoms with Gasteiger partial charge in [0.05, 0.1) is 18.7 Å². The first-order chi connectivity index (χ1) is 17.4. The van der Waals surface area contributed by atoms with Crippen LogP contribution in [0.4, 0.5) is 5.69 Å². The van der Waals surface area contributed by atoms with Gasteiger partial charge in [-0.3, -0.25) is 4.90 Å². The van der Waals surface area contributed by atoms with E-state index in [9.17, 15) is 5.11 Å². The minimum atomic E-state index is -0.429. The van der Waals surface area contributed by atoms with Crippen molar-refractivity contribution < 1.29 is 14.4 Å². The fraction of sp³-hybridized carbons (Fsp3) is 0.179. The van der Waals surface area contributed by atoms with Gasteiger partial charge in [-0.05, 0) is 73.9 Å². The summed E-state index contributed by atoms with van der Waals surface area (Å²) in [5.74, 6) is 1.29. The van der Waals surface area contributed by atoms with Crippen LogP contribution in [0, 0.1) is 13.8 Å². The molecular formula is C28H26N4O3S. The zero-order valence-electron chi connectivity index (χ0n) is 20.4. The van der Waals surface area contributed by atoms with Crippen molar-refractivity contribution in [3.05, 3.63) is 95.0 Å². The van der Waals surface area contributed by atoms with Crippen LogP contribution < -0.4 is 15.0 Å². The van der Waals surface area contributed by atoms with Gasteiger partial charge in [-0.2, -0.15) is 4.98 Å². The second-order valence-corrected chi connectivity index (χ2v) is 9.09. The van der Waals surface area contributed by atoms with E-state index in [-0.39, 0.29) is 5.75 Å². The van der Waals surface area contributed by atoms with Crippen LogP contribution >= 0.6 is 12.2 Å². The molecule has 36 heavy (non-hydrogen) atoms. The monoisotopic (exact) mass is 498 g/mol. The average Bonchev–Trinajstić information content (AvgIpc) is 3.36. The molecule has 8 heteroatoms. The van der Waals surface area contributed by atoms with Crippen molar-refractivity contribution in [2.24, 2.45) is 0 Å². The van der Waals surface area contributed by atoms with Crippen LogP contribution in [0.2, 0.25) is 0 Å². The molecule has 5 rings (SSSR count). The average molecular weight is 499 g/mol. The number of aromatic hydroxyl groups is 1. The lowest BCUT2D eigenvalue weighted by atomic mass is 9.94. The second-order valence-electron chi connectivity index (χ2n) is 8.71. The van der Waals surface area contributed by atoms with E-state index >= 15 is 0 Å². The van der Waals surface area contributed by atoms with E-state index in [1.165, 1.54) is 12.7 Å². The van der Waals surface area contributed by atoms with E-state index in [4.69, 9.17) is 26.5 Å². The van der Waals surface area contributed by atoms with Gasteiger partial charge in [0, 0.05) is 16.9 Å². The molecule has 0 amide bonds. The largest absolute Gasteiger partial charge is 0.504 e. The number of hydrogen-bond donors (Lipinski definition) is 2. The summed E-state index contributed by atoms with van der Waals surface area (Å²) in [4.78, 5) is 6.71. The number of thiocarbonyl (C=S) groups is 1. The van der Waals surface area contributed by atoms with Crippen LogP contribution in [0.1, 0.15) is 35.5 Å². The smallest absolute Gasteiger partial charge is 0.258 e. The molecule has 1 aliphatic rings. The first kappa shape index (κ1) is 23.6. The maximum Gasteiger partial charge on any atom is 0.258 e. The Kier molecular flexibility index (Phi) is 6.20. The minimum Gasteiger partial charge on any atom is -0.504 e. The highest BCUT2D eigenvalue weighted by atomic mass is 32.1. The van der Waals surface area contributed by atoms with Crippen molar-refractivity contribution in [3.8, 4) is 22.9 Å². The normalized spacial score (nSPS) is 15.7. The zero-order valence-corrected chi connectivity index (χ0v) is 21.3. The van der Waals surface area contributed by atoms with Gasteiger partial charge in [-0.1, -0.05) is 47.6 Å². The Morgan fingerprint density at radius 1 is 1.00 bits per heavy atom. The Balaban J connectivity index is 1.67. The lowest BCUT2D eigenvalue weighted by Gasteiger charge is -2.37. The van der Waals surface area contributed by atoms with E-state index < -0.39 is 6.04 Å². The summed E-state index contributed by atoms with van der Waals surface area (Å²) in [5, 5.41) is 18.7. The molecule has 1 aromatic heterocycles. The summed E-state index contributed by atoms with van der Waals surface area (Å²) in [7, 11) is 1.52. The number of ether oxygens (including phenoxy) is 1. The summed E-state index contributed by atoms with van der Waals surface area (Å²) >= 11 is 5.83. The molecule has 0 bridgehead atoms. The number of rotatable bonds is 5. The Hall–Kier alpha value is -4.17. The van der Waals surface area contributed by atoms with E-state index in [0.29, 0.717) is 22.6 Å². The molecule has 3 aromatic carbocycles. The summed E-state index contributed by atoms with van der Waals surface area (Å²) in [6.45, 7) is 6.14. The van der Waals surface area contributed by atoms with Crippen LogP contribution in [0.3, 0.4) is 0 Å². The third kappa shape index (κ3) is 4.20. The molecule has 2 N–H and O–H groups in total. The second kappa shape index (κ2) is 9.47. The number of phenols is 1. The number of benzene rings is 3. The summed E-state index contributed by atoms with van der Waals surface area (Å²) in [5.41, 5.74) is 6.55. The topological polar surface area (TPSA) is 83.7 Å². The highest BCUT2D eigenvalue weighted by Gasteiger charge is 2.35. The summed E-state index contributed by atoms with van der Waals surface area (Å²) < 4.78 is 11.0. The third-order valence-corrected chi connectivity index (χ3v) is 6.76. The van der Waals surface area contributed by atoms with Gasteiger partial charge in [0.2, 0.25) is 5.82 Å². The van der Waals surface area contributed by atoms with Gasteiger partial charge in [0.15, 0.2) is 16.6 Å². The SMILES string of the molecule is COc1ccc(C2NC(=S)N(c3ccc(C)c(C)c3)C(C)=C2c2nc(-c3ccccc3)no2)cc1O. The van der Waals surface area contributed by atoms with Crippen molar-refractivity contribution in [1.82, 2.24) is 15.5 Å². The Labute approximate surface area is 215 Å². The van der Waals surface area contributed by atoms with Crippen LogP contribution in [0.25, 0.3) is 17.0 Å². The van der Waals surface area contributed by atoms with Gasteiger partial charge in [-0.15, -0.1) is 0 Å². The lowest BCUT2D eigenvalue weighted by molar-refractivity contribution is 0.372. The first-order valence-corrected chi connectivity index (χ1v) is 11.9. The van der Waals surface area contributed by atoms with Gasteiger partial charge < -0.3 is 19.7 Å². The molecule has 0 spiro atoms. The summed E-state index contributed by atoms with van der Waals surface area (Å²) in [6.07, 6.45) is 0. The lowest BCUT2D eigenvalue weighted by Crippen LogP contribution is -2.46. The number of aryl methyl sites for hydroxylation is 2. The molecule has 1 aliphatic heterocycles. The molecule has 182 valence electrons. The van der Waals surface area contributed by atoms with Gasteiger partial charge in [0.1, 0.15) is 0 Å². The number of phenolic OH excluding ortho intramolecular Hbond substituents is 1. The Morgan fingerprint density at radius 2 is 1.78 bits per heavy atom. The molecule has 0 fully saturated rings. The molecule has 2 heterocycles. The molecule has 0 saturated heterocycles. The first-order valence-electron chi connectivity index (χ1n) is 11.5. The maximum absolute atomic E-state index is 10.5. The van der Waals surface area contributed by atoms with Crippen LogP contribution in [0.5, 0.6) is 11.5 Å². The van der Waals surface area contributed by atoms with Gasteiger partial charge >= 0.3 is 0 Å². The summed E-state index contributed by atoms with van der Waals surface area (Å²) in [6, 6.07) is 20.7. The fourth-order valence-electron chi connectivity index (χ4n) is 4.37. The van der Waals surface area contributed by atoms with Gasteiger partial charge in [0.25, 0.3) is 5.89 Å². The van der Waals surface area contributed by atoms with Crippen LogP contribution in [-0.2, 0) is 0 Å². The quantitative estimate of drug-likeness (QED) is 0.327. The number of methoxy groups -OCH3 is 1. The Bertz CT molecular complexity index is 1480.